The Labute approximate surface area is 145 Å². The molecule has 0 aliphatic heterocycles. The van der Waals surface area contributed by atoms with Crippen molar-refractivity contribution in [3.8, 4) is 5.69 Å². The fraction of sp³-hybridized carbons (Fsp3) is 0.133. The van der Waals surface area contributed by atoms with Crippen molar-refractivity contribution in [3.05, 3.63) is 56.7 Å². The Morgan fingerprint density at radius 2 is 1.76 bits per heavy atom. The van der Waals surface area contributed by atoms with E-state index in [1.54, 1.807) is 0 Å². The van der Waals surface area contributed by atoms with Gasteiger partial charge in [-0.2, -0.15) is 0 Å². The van der Waals surface area contributed by atoms with Crippen molar-refractivity contribution in [2.75, 3.05) is 0 Å². The molecule has 0 radical (unpaired) electrons. The van der Waals surface area contributed by atoms with Gasteiger partial charge in [0.15, 0.2) is 0 Å². The van der Waals surface area contributed by atoms with Crippen LogP contribution in [-0.2, 0) is 0 Å². The molecule has 1 unspecified atom stereocenters. The summed E-state index contributed by atoms with van der Waals surface area (Å²) in [4.78, 5) is 4.60. The smallest absolute Gasteiger partial charge is 0.132 e. The summed E-state index contributed by atoms with van der Waals surface area (Å²) in [6.07, 6.45) is 0. The number of hydrogen-bond donors (Lipinski definition) is 0. The maximum absolute atomic E-state index is 6.37. The molecule has 0 bridgehead atoms. The number of aromatic nitrogens is 2. The lowest BCUT2D eigenvalue weighted by Crippen LogP contribution is -2.03. The summed E-state index contributed by atoms with van der Waals surface area (Å²) in [6.45, 7) is 1.88. The maximum atomic E-state index is 6.37. The van der Waals surface area contributed by atoms with Crippen molar-refractivity contribution >= 4 is 61.8 Å². The lowest BCUT2D eigenvalue weighted by Gasteiger charge is -2.13. The number of nitrogens with zero attached hydrogens (tertiary/aromatic N) is 2. The molecule has 0 amide bonds. The summed E-state index contributed by atoms with van der Waals surface area (Å²) in [5.74, 6) is 0.725. The highest BCUT2D eigenvalue weighted by Crippen LogP contribution is 2.36. The Kier molecular flexibility index (Phi) is 4.19. The van der Waals surface area contributed by atoms with Crippen LogP contribution in [0.2, 0.25) is 10.0 Å². The van der Waals surface area contributed by atoms with Crippen molar-refractivity contribution < 1.29 is 0 Å². The Morgan fingerprint density at radius 3 is 2.48 bits per heavy atom. The van der Waals surface area contributed by atoms with Gasteiger partial charge in [-0.25, -0.2) is 4.98 Å². The minimum Gasteiger partial charge on any atom is -0.292 e. The largest absolute Gasteiger partial charge is 0.292 e. The van der Waals surface area contributed by atoms with Gasteiger partial charge in [-0.1, -0.05) is 35.3 Å². The van der Waals surface area contributed by atoms with E-state index in [4.69, 9.17) is 34.8 Å². The first-order valence-corrected chi connectivity index (χ1v) is 8.24. The van der Waals surface area contributed by atoms with E-state index < -0.39 is 0 Å². The molecule has 2 aromatic carbocycles. The van der Waals surface area contributed by atoms with Crippen LogP contribution in [-0.4, -0.2) is 9.55 Å². The molecule has 108 valence electrons. The van der Waals surface area contributed by atoms with Crippen LogP contribution < -0.4 is 0 Å². The Morgan fingerprint density at radius 1 is 1.10 bits per heavy atom. The minimum absolute atomic E-state index is 0.264. The number of imidazole rings is 1. The summed E-state index contributed by atoms with van der Waals surface area (Å²) >= 11 is 22.4. The molecule has 0 saturated heterocycles. The van der Waals surface area contributed by atoms with Crippen LogP contribution in [0.25, 0.3) is 16.7 Å². The second kappa shape index (κ2) is 5.81. The van der Waals surface area contributed by atoms with Crippen LogP contribution in [0, 0.1) is 0 Å². The zero-order chi connectivity index (χ0) is 15.1. The summed E-state index contributed by atoms with van der Waals surface area (Å²) in [7, 11) is 0. The topological polar surface area (TPSA) is 17.8 Å². The van der Waals surface area contributed by atoms with Crippen LogP contribution in [0.15, 0.2) is 40.9 Å². The van der Waals surface area contributed by atoms with Crippen molar-refractivity contribution in [1.82, 2.24) is 9.55 Å². The van der Waals surface area contributed by atoms with E-state index in [0.29, 0.717) is 10.0 Å². The number of para-hydroxylation sites is 1. The predicted octanol–water partition coefficient (Wildman–Crippen LogP) is 6.39. The highest BCUT2D eigenvalue weighted by Gasteiger charge is 2.20. The average molecular weight is 405 g/mol. The molecule has 0 N–H and O–H groups in total. The van der Waals surface area contributed by atoms with E-state index >= 15 is 0 Å². The third kappa shape index (κ3) is 2.57. The lowest BCUT2D eigenvalue weighted by molar-refractivity contribution is 0.880. The Balaban J connectivity index is 2.45. The minimum atomic E-state index is -0.264. The molecule has 21 heavy (non-hydrogen) atoms. The van der Waals surface area contributed by atoms with Crippen LogP contribution >= 0.6 is 50.7 Å². The molecular weight excluding hydrogens is 394 g/mol. The van der Waals surface area contributed by atoms with Crippen molar-refractivity contribution in [2.24, 2.45) is 0 Å². The lowest BCUT2D eigenvalue weighted by atomic mass is 10.2. The zero-order valence-corrected chi connectivity index (χ0v) is 14.8. The number of fused-ring (bicyclic) bond motifs is 1. The SMILES string of the molecule is CC(Cl)c1nc2cccc(Cl)c2n1-c1cccc(Cl)c1Br. The summed E-state index contributed by atoms with van der Waals surface area (Å²) in [6, 6.07) is 11.3. The van der Waals surface area contributed by atoms with Crippen LogP contribution in [0.1, 0.15) is 18.1 Å². The molecule has 1 aromatic heterocycles. The highest BCUT2D eigenvalue weighted by atomic mass is 79.9. The third-order valence-electron chi connectivity index (χ3n) is 3.18. The Hall–Kier alpha value is -0.740. The van der Waals surface area contributed by atoms with E-state index in [1.165, 1.54) is 0 Å². The second-order valence-corrected chi connectivity index (χ2v) is 6.86. The molecule has 3 aromatic rings. The molecule has 3 rings (SSSR count). The molecule has 0 fully saturated rings. The van der Waals surface area contributed by atoms with Crippen molar-refractivity contribution in [3.63, 3.8) is 0 Å². The van der Waals surface area contributed by atoms with Gasteiger partial charge in [0.2, 0.25) is 0 Å². The molecular formula is C15H10BrCl3N2. The van der Waals surface area contributed by atoms with Gasteiger partial charge in [0.1, 0.15) is 5.82 Å². The number of alkyl halides is 1. The second-order valence-electron chi connectivity index (χ2n) is 4.60. The van der Waals surface area contributed by atoms with E-state index in [-0.39, 0.29) is 5.38 Å². The van der Waals surface area contributed by atoms with E-state index in [2.05, 4.69) is 20.9 Å². The van der Waals surface area contributed by atoms with E-state index in [0.717, 1.165) is 27.0 Å². The highest BCUT2D eigenvalue weighted by molar-refractivity contribution is 9.10. The third-order valence-corrected chi connectivity index (χ3v) is 5.06. The predicted molar refractivity (Wildman–Crippen MR) is 93.1 cm³/mol. The molecule has 6 heteroatoms. The van der Waals surface area contributed by atoms with E-state index in [1.807, 2.05) is 47.9 Å². The average Bonchev–Trinajstić information content (AvgIpc) is 2.83. The fourth-order valence-corrected chi connectivity index (χ4v) is 3.29. The summed E-state index contributed by atoms with van der Waals surface area (Å²) < 4.78 is 2.73. The standard InChI is InChI=1S/C15H10BrCl3N2/c1-8(17)15-20-11-6-2-5-10(19)14(11)21(15)12-7-3-4-9(18)13(12)16/h2-8H,1H3. The molecule has 0 aliphatic carbocycles. The van der Waals surface area contributed by atoms with Gasteiger partial charge in [0.05, 0.1) is 36.6 Å². The van der Waals surface area contributed by atoms with Gasteiger partial charge in [0, 0.05) is 0 Å². The van der Waals surface area contributed by atoms with Crippen LogP contribution in [0.3, 0.4) is 0 Å². The van der Waals surface area contributed by atoms with Gasteiger partial charge >= 0.3 is 0 Å². The fourth-order valence-electron chi connectivity index (χ4n) is 2.28. The zero-order valence-electron chi connectivity index (χ0n) is 10.9. The monoisotopic (exact) mass is 402 g/mol. The molecule has 1 heterocycles. The van der Waals surface area contributed by atoms with Gasteiger partial charge < -0.3 is 0 Å². The number of benzene rings is 2. The first-order valence-electron chi connectivity index (χ1n) is 6.26. The quantitative estimate of drug-likeness (QED) is 0.452. The molecule has 0 spiro atoms. The Bertz CT molecular complexity index is 827. The maximum Gasteiger partial charge on any atom is 0.132 e. The first-order chi connectivity index (χ1) is 10.0. The van der Waals surface area contributed by atoms with Crippen molar-refractivity contribution in [1.29, 1.82) is 0 Å². The normalized spacial score (nSPS) is 12.8. The molecule has 2 nitrogen and oxygen atoms in total. The van der Waals surface area contributed by atoms with Gasteiger partial charge in [-0.15, -0.1) is 11.6 Å². The molecule has 0 aliphatic rings. The molecule has 1 atom stereocenters. The van der Waals surface area contributed by atoms with Gasteiger partial charge in [0.25, 0.3) is 0 Å². The number of halogens is 4. The van der Waals surface area contributed by atoms with Gasteiger partial charge in [-0.3, -0.25) is 4.57 Å². The number of rotatable bonds is 2. The van der Waals surface area contributed by atoms with Crippen LogP contribution in [0.5, 0.6) is 0 Å². The van der Waals surface area contributed by atoms with E-state index in [9.17, 15) is 0 Å². The first kappa shape index (κ1) is 15.2. The molecule has 0 saturated carbocycles. The van der Waals surface area contributed by atoms with Crippen molar-refractivity contribution in [2.45, 2.75) is 12.3 Å². The van der Waals surface area contributed by atoms with Crippen LogP contribution in [0.4, 0.5) is 0 Å². The van der Waals surface area contributed by atoms with Gasteiger partial charge in [-0.05, 0) is 47.1 Å². The number of hydrogen-bond acceptors (Lipinski definition) is 1. The summed E-state index contributed by atoms with van der Waals surface area (Å²) in [5.41, 5.74) is 2.49. The summed E-state index contributed by atoms with van der Waals surface area (Å²) in [5, 5.41) is 0.976.